The van der Waals surface area contributed by atoms with E-state index in [2.05, 4.69) is 40.0 Å². The topological polar surface area (TPSA) is 0 Å². The first-order valence-corrected chi connectivity index (χ1v) is 5.74. The molecule has 1 nitrogen and oxygen atoms in total. The molecule has 0 heterocycles. The van der Waals surface area contributed by atoms with Crippen LogP contribution in [-0.2, 0) is 0 Å². The molecule has 0 aliphatic rings. The average Bonchev–Trinajstić information content (AvgIpc) is 2.06. The van der Waals surface area contributed by atoms with E-state index in [0.717, 1.165) is 0 Å². The van der Waals surface area contributed by atoms with Gasteiger partial charge in [0.25, 0.3) is 0 Å². The lowest BCUT2D eigenvalue weighted by Gasteiger charge is -2.34. The summed E-state index contributed by atoms with van der Waals surface area (Å²) in [7, 11) is 0. The zero-order valence-corrected chi connectivity index (χ0v) is 9.84. The summed E-state index contributed by atoms with van der Waals surface area (Å²) in [6.45, 7) is 12.9. The van der Waals surface area contributed by atoms with Crippen molar-refractivity contribution in [3.8, 4) is 0 Å². The summed E-state index contributed by atoms with van der Waals surface area (Å²) in [5.41, 5.74) is 0. The minimum absolute atomic E-state index is 1.19. The Balaban J connectivity index is 4.37. The molecule has 0 aliphatic heterocycles. The van der Waals surface area contributed by atoms with E-state index in [1.165, 1.54) is 43.4 Å². The van der Waals surface area contributed by atoms with Crippen LogP contribution in [0.3, 0.4) is 0 Å². The zero-order valence-electron chi connectivity index (χ0n) is 9.84. The zero-order chi connectivity index (χ0) is 10.2. The van der Waals surface area contributed by atoms with Gasteiger partial charge in [-0.3, -0.25) is 4.48 Å². The molecule has 0 amide bonds. The van der Waals surface area contributed by atoms with Crippen molar-refractivity contribution >= 4 is 0 Å². The fourth-order valence-electron chi connectivity index (χ4n) is 2.21. The van der Waals surface area contributed by atoms with Crippen molar-refractivity contribution < 1.29 is 4.48 Å². The summed E-state index contributed by atoms with van der Waals surface area (Å²) in [6.07, 6.45) is 8.44. The van der Waals surface area contributed by atoms with Crippen molar-refractivity contribution in [2.75, 3.05) is 19.6 Å². The Kier molecular flexibility index (Phi) is 6.97. The second-order valence-corrected chi connectivity index (χ2v) is 3.87. The van der Waals surface area contributed by atoms with Crippen LogP contribution in [-0.4, -0.2) is 24.1 Å². The Morgan fingerprint density at radius 1 is 0.846 bits per heavy atom. The number of hydrogen-bond donors (Lipinski definition) is 0. The Morgan fingerprint density at radius 3 is 1.46 bits per heavy atom. The minimum atomic E-state index is 1.19. The van der Waals surface area contributed by atoms with Gasteiger partial charge in [-0.1, -0.05) is 20.8 Å². The number of quaternary nitrogens is 1. The third-order valence-electron chi connectivity index (χ3n) is 2.47. The lowest BCUT2D eigenvalue weighted by molar-refractivity contribution is -0.879. The Labute approximate surface area is 84.0 Å². The molecule has 0 unspecified atom stereocenters. The van der Waals surface area contributed by atoms with Gasteiger partial charge in [0.2, 0.25) is 0 Å². The molecule has 1 heteroatoms. The lowest BCUT2D eigenvalue weighted by atomic mass is 10.2. The van der Waals surface area contributed by atoms with Crippen molar-refractivity contribution in [1.29, 1.82) is 0 Å². The van der Waals surface area contributed by atoms with Crippen LogP contribution in [0.25, 0.3) is 0 Å². The van der Waals surface area contributed by atoms with E-state index in [4.69, 9.17) is 0 Å². The molecule has 78 valence electrons. The van der Waals surface area contributed by atoms with Crippen molar-refractivity contribution in [3.05, 3.63) is 12.3 Å². The standard InChI is InChI=1S/C12H26N/c1-5-9-13(10-6-2,11-7-3)12-8-4/h5,9H,6-8,10-12H2,1-4H3/q+1/b9-5-. The third kappa shape index (κ3) is 4.47. The van der Waals surface area contributed by atoms with Gasteiger partial charge in [0.1, 0.15) is 0 Å². The van der Waals surface area contributed by atoms with Gasteiger partial charge >= 0.3 is 0 Å². The molecule has 0 aromatic rings. The molecule has 0 aliphatic carbocycles. The molecular weight excluding hydrogens is 158 g/mol. The smallest absolute Gasteiger partial charge is 0.0915 e. The number of nitrogens with zero attached hydrogens (tertiary/aromatic N) is 1. The number of rotatable bonds is 7. The Bertz CT molecular complexity index is 121. The quantitative estimate of drug-likeness (QED) is 0.531. The van der Waals surface area contributed by atoms with Crippen LogP contribution in [0.2, 0.25) is 0 Å². The summed E-state index contributed by atoms with van der Waals surface area (Å²) >= 11 is 0. The lowest BCUT2D eigenvalue weighted by Crippen LogP contribution is -2.44. The van der Waals surface area contributed by atoms with Crippen LogP contribution in [0.5, 0.6) is 0 Å². The fourth-order valence-corrected chi connectivity index (χ4v) is 2.21. The second kappa shape index (κ2) is 7.14. The molecule has 13 heavy (non-hydrogen) atoms. The molecule has 0 saturated heterocycles. The Hall–Kier alpha value is -0.300. The SMILES string of the molecule is C/C=C\[N+](CCC)(CCC)CCC. The van der Waals surface area contributed by atoms with Gasteiger partial charge in [-0.25, -0.2) is 0 Å². The summed E-state index contributed by atoms with van der Waals surface area (Å²) in [5.74, 6) is 0. The second-order valence-electron chi connectivity index (χ2n) is 3.87. The van der Waals surface area contributed by atoms with Crippen molar-refractivity contribution in [2.45, 2.75) is 47.0 Å². The highest BCUT2D eigenvalue weighted by atomic mass is 15.3. The molecule has 0 saturated carbocycles. The van der Waals surface area contributed by atoms with E-state index in [9.17, 15) is 0 Å². The molecule has 0 rings (SSSR count). The average molecular weight is 184 g/mol. The van der Waals surface area contributed by atoms with E-state index in [-0.39, 0.29) is 0 Å². The van der Waals surface area contributed by atoms with Gasteiger partial charge in [0, 0.05) is 0 Å². The van der Waals surface area contributed by atoms with Gasteiger partial charge < -0.3 is 0 Å². The highest BCUT2D eigenvalue weighted by Crippen LogP contribution is 2.12. The molecule has 0 aromatic carbocycles. The monoisotopic (exact) mass is 184 g/mol. The highest BCUT2D eigenvalue weighted by Gasteiger charge is 2.20. The number of allylic oxidation sites excluding steroid dienone is 1. The van der Waals surface area contributed by atoms with Crippen LogP contribution >= 0.6 is 0 Å². The highest BCUT2D eigenvalue weighted by molar-refractivity contribution is 4.68. The van der Waals surface area contributed by atoms with Gasteiger partial charge in [-0.2, -0.15) is 0 Å². The predicted octanol–water partition coefficient (Wildman–Crippen LogP) is 3.57. The largest absolute Gasteiger partial charge is 0.298 e. The molecule has 0 fully saturated rings. The van der Waals surface area contributed by atoms with Gasteiger partial charge in [-0.05, 0) is 32.3 Å². The normalized spacial score (nSPS) is 12.6. The van der Waals surface area contributed by atoms with Gasteiger partial charge in [-0.15, -0.1) is 0 Å². The molecule has 0 aromatic heterocycles. The Morgan fingerprint density at radius 2 is 1.23 bits per heavy atom. The van der Waals surface area contributed by atoms with E-state index in [1.807, 2.05) is 0 Å². The van der Waals surface area contributed by atoms with E-state index >= 15 is 0 Å². The molecule has 0 N–H and O–H groups in total. The fraction of sp³-hybridized carbons (Fsp3) is 0.833. The van der Waals surface area contributed by atoms with Crippen molar-refractivity contribution in [3.63, 3.8) is 0 Å². The third-order valence-corrected chi connectivity index (χ3v) is 2.47. The first kappa shape index (κ1) is 12.7. The summed E-state index contributed by atoms with van der Waals surface area (Å²) in [5, 5.41) is 0. The van der Waals surface area contributed by atoms with Crippen LogP contribution in [0.1, 0.15) is 47.0 Å². The van der Waals surface area contributed by atoms with Crippen LogP contribution < -0.4 is 0 Å². The van der Waals surface area contributed by atoms with Gasteiger partial charge in [0.15, 0.2) is 0 Å². The number of hydrogen-bond acceptors (Lipinski definition) is 0. The summed E-state index contributed by atoms with van der Waals surface area (Å²) in [6, 6.07) is 0. The van der Waals surface area contributed by atoms with Gasteiger partial charge in [0.05, 0.1) is 25.8 Å². The molecule has 0 atom stereocenters. The summed E-state index contributed by atoms with van der Waals surface area (Å²) < 4.78 is 1.19. The van der Waals surface area contributed by atoms with E-state index in [0.29, 0.717) is 0 Å². The van der Waals surface area contributed by atoms with Crippen LogP contribution in [0.4, 0.5) is 0 Å². The maximum atomic E-state index is 2.39. The van der Waals surface area contributed by atoms with Crippen molar-refractivity contribution in [2.24, 2.45) is 0 Å². The van der Waals surface area contributed by atoms with Crippen molar-refractivity contribution in [1.82, 2.24) is 0 Å². The summed E-state index contributed by atoms with van der Waals surface area (Å²) in [4.78, 5) is 0. The molecular formula is C12H26N+. The first-order chi connectivity index (χ1) is 6.24. The van der Waals surface area contributed by atoms with Crippen LogP contribution in [0, 0.1) is 0 Å². The maximum absolute atomic E-state index is 2.39. The molecule has 0 bridgehead atoms. The van der Waals surface area contributed by atoms with E-state index < -0.39 is 0 Å². The maximum Gasteiger partial charge on any atom is 0.0915 e. The molecule has 0 radical (unpaired) electrons. The minimum Gasteiger partial charge on any atom is -0.298 e. The predicted molar refractivity (Wildman–Crippen MR) is 60.5 cm³/mol. The molecule has 0 spiro atoms. The van der Waals surface area contributed by atoms with Crippen LogP contribution in [0.15, 0.2) is 12.3 Å². The first-order valence-electron chi connectivity index (χ1n) is 5.74. The van der Waals surface area contributed by atoms with E-state index in [1.54, 1.807) is 0 Å².